The van der Waals surface area contributed by atoms with Crippen LogP contribution in [-0.2, 0) is 20.7 Å². The van der Waals surface area contributed by atoms with Crippen molar-refractivity contribution in [1.82, 2.24) is 13.9 Å². The number of anilines is 1. The molecule has 2 fully saturated rings. The zero-order valence-corrected chi connectivity index (χ0v) is 34.6. The van der Waals surface area contributed by atoms with Crippen LogP contribution in [0.1, 0.15) is 114 Å². The molecule has 52 heavy (non-hydrogen) atoms. The van der Waals surface area contributed by atoms with Crippen molar-refractivity contribution in [2.75, 3.05) is 58.9 Å². The van der Waals surface area contributed by atoms with E-state index >= 15 is 0 Å². The topological polar surface area (TPSA) is 94.6 Å². The lowest BCUT2D eigenvalue weighted by Crippen LogP contribution is -2.47. The maximum Gasteiger partial charge on any atom is 0.264 e. The third-order valence-corrected chi connectivity index (χ3v) is 11.3. The molecule has 1 saturated heterocycles. The normalized spacial score (nSPS) is 22.9. The van der Waals surface area contributed by atoms with Crippen LogP contribution in [-0.4, -0.2) is 86.2 Å². The first kappa shape index (κ1) is 43.6. The number of aliphatic hydroxyl groups is 1. The summed E-state index contributed by atoms with van der Waals surface area (Å²) in [5.41, 5.74) is 5.50. The van der Waals surface area contributed by atoms with Crippen LogP contribution < -0.4 is 14.4 Å². The summed E-state index contributed by atoms with van der Waals surface area (Å²) in [6.45, 7) is 17.8. The van der Waals surface area contributed by atoms with Crippen LogP contribution in [0.5, 0.6) is 5.75 Å². The molecule has 0 aromatic heterocycles. The minimum absolute atomic E-state index is 0.119. The molecule has 1 saturated carbocycles. The second kappa shape index (κ2) is 21.8. The number of hydrogen-bond acceptors (Lipinski definition) is 8. The third kappa shape index (κ3) is 11.9. The Hall–Kier alpha value is -2.79. The fourth-order valence-electron chi connectivity index (χ4n) is 7.59. The predicted molar refractivity (Wildman–Crippen MR) is 216 cm³/mol. The van der Waals surface area contributed by atoms with Crippen LogP contribution in [0.15, 0.2) is 36.4 Å². The van der Waals surface area contributed by atoms with Gasteiger partial charge in [0.1, 0.15) is 5.75 Å². The van der Waals surface area contributed by atoms with Crippen molar-refractivity contribution in [3.05, 3.63) is 58.7 Å². The third-order valence-electron chi connectivity index (χ3n) is 10.6. The fourth-order valence-corrected chi connectivity index (χ4v) is 7.98. The molecule has 0 bridgehead atoms. The van der Waals surface area contributed by atoms with Gasteiger partial charge in [-0.3, -0.25) is 14.3 Å². The molecule has 1 aliphatic carbocycles. The molecule has 2 amide bonds. The summed E-state index contributed by atoms with van der Waals surface area (Å²) >= 11 is 1.15. The predicted octanol–water partition coefficient (Wildman–Crippen LogP) is 7.95. The summed E-state index contributed by atoms with van der Waals surface area (Å²) in [7, 11) is 5.56. The Balaban J connectivity index is 0.00000176. The molecule has 6 unspecified atom stereocenters. The number of nitrogens with zero attached hydrogens (tertiary/aromatic N) is 3. The Bertz CT molecular complexity index is 1410. The van der Waals surface area contributed by atoms with Crippen molar-refractivity contribution in [3.63, 3.8) is 0 Å². The number of ether oxygens (including phenoxy) is 2. The average Bonchev–Trinajstić information content (AvgIpc) is 3.32. The number of benzene rings is 2. The second-order valence-corrected chi connectivity index (χ2v) is 15.5. The highest BCUT2D eigenvalue weighted by Gasteiger charge is 2.41. The van der Waals surface area contributed by atoms with E-state index in [1.165, 1.54) is 16.7 Å². The van der Waals surface area contributed by atoms with E-state index in [2.05, 4.69) is 41.7 Å². The molecule has 0 spiro atoms. The minimum atomic E-state index is -1.29. The van der Waals surface area contributed by atoms with Gasteiger partial charge in [-0.15, -0.1) is 0 Å². The van der Waals surface area contributed by atoms with Crippen LogP contribution in [0, 0.1) is 24.7 Å². The Labute approximate surface area is 319 Å². The maximum absolute atomic E-state index is 12.8. The highest BCUT2D eigenvalue weighted by molar-refractivity contribution is 7.95. The van der Waals surface area contributed by atoms with Crippen LogP contribution >= 0.6 is 12.1 Å². The first-order valence-electron chi connectivity index (χ1n) is 19.8. The van der Waals surface area contributed by atoms with E-state index in [0.29, 0.717) is 29.9 Å². The summed E-state index contributed by atoms with van der Waals surface area (Å²) in [4.78, 5) is 28.9. The molecule has 5 rings (SSSR count). The largest absolute Gasteiger partial charge is 0.491 e. The molecule has 2 aromatic rings. The molecule has 9 nitrogen and oxygen atoms in total. The van der Waals surface area contributed by atoms with Gasteiger partial charge in [-0.2, -0.15) is 0 Å². The standard InChI is InChI=1S/C38H56N4O5S.2C2H6/c1-7-8-28-19-25(2)9-12-32(28)31-23-42(34-21-29(11-14-35(34)47-24-31)37(44)38(45)39-48-40(4)5)22-30-10-13-33(30)36-20-27(16-18-46-36)15-17-41(6)26(3)43;2*1-2/h9,11-12,14,19,21,27,30-31,33,36-37,44H,7-8,10,13,15-18,20,22-24H2,1-6H3,(H,39,45);2*1-2H3. The van der Waals surface area contributed by atoms with Crippen molar-refractivity contribution < 1.29 is 24.2 Å². The first-order chi connectivity index (χ1) is 25.0. The average molecular weight is 741 g/mol. The number of hydrogen-bond donors (Lipinski definition) is 2. The minimum Gasteiger partial charge on any atom is -0.491 e. The van der Waals surface area contributed by atoms with E-state index in [0.717, 1.165) is 94.8 Å². The van der Waals surface area contributed by atoms with E-state index < -0.39 is 12.0 Å². The number of fused-ring (bicyclic) bond motifs is 1. The van der Waals surface area contributed by atoms with Crippen molar-refractivity contribution >= 4 is 29.6 Å². The second-order valence-electron chi connectivity index (χ2n) is 14.4. The lowest BCUT2D eigenvalue weighted by molar-refractivity contribution is -0.128. The van der Waals surface area contributed by atoms with Gasteiger partial charge in [0.15, 0.2) is 6.10 Å². The fraction of sp³-hybridized carbons (Fsp3) is 0.667. The quantitative estimate of drug-likeness (QED) is 0.200. The molecule has 6 atom stereocenters. The Morgan fingerprint density at radius 3 is 2.46 bits per heavy atom. The molecule has 2 aliphatic heterocycles. The molecular weight excluding hydrogens is 673 g/mol. The van der Waals surface area contributed by atoms with E-state index in [-0.39, 0.29) is 17.9 Å². The zero-order chi connectivity index (χ0) is 38.4. The molecule has 2 N–H and O–H groups in total. The van der Waals surface area contributed by atoms with Crippen LogP contribution in [0.4, 0.5) is 5.69 Å². The van der Waals surface area contributed by atoms with Crippen molar-refractivity contribution in [2.45, 2.75) is 112 Å². The Morgan fingerprint density at radius 2 is 1.81 bits per heavy atom. The van der Waals surface area contributed by atoms with E-state index in [4.69, 9.17) is 9.47 Å². The lowest BCUT2D eigenvalue weighted by Gasteiger charge is -2.47. The number of amides is 2. The number of rotatable bonds is 13. The van der Waals surface area contributed by atoms with Gasteiger partial charge < -0.3 is 24.4 Å². The van der Waals surface area contributed by atoms with E-state index in [1.54, 1.807) is 11.2 Å². The molecular formula is C42H68N4O5S. The van der Waals surface area contributed by atoms with Gasteiger partial charge >= 0.3 is 0 Å². The van der Waals surface area contributed by atoms with Gasteiger partial charge in [-0.25, -0.2) is 4.31 Å². The van der Waals surface area contributed by atoms with Gasteiger partial charge in [0, 0.05) is 58.3 Å². The monoisotopic (exact) mass is 740 g/mol. The summed E-state index contributed by atoms with van der Waals surface area (Å²) in [6, 6.07) is 12.5. The van der Waals surface area contributed by atoms with Crippen LogP contribution in [0.25, 0.3) is 0 Å². The Morgan fingerprint density at radius 1 is 1.06 bits per heavy atom. The molecule has 2 aromatic carbocycles. The Kier molecular flexibility index (Phi) is 18.3. The van der Waals surface area contributed by atoms with Crippen LogP contribution in [0.2, 0.25) is 0 Å². The van der Waals surface area contributed by atoms with Gasteiger partial charge in [-0.1, -0.05) is 70.9 Å². The van der Waals surface area contributed by atoms with Gasteiger partial charge in [-0.05, 0) is 106 Å². The summed E-state index contributed by atoms with van der Waals surface area (Å²) in [6.07, 6.45) is 6.51. The van der Waals surface area contributed by atoms with Crippen molar-refractivity contribution in [2.24, 2.45) is 17.8 Å². The summed E-state index contributed by atoms with van der Waals surface area (Å²) in [5, 5.41) is 11.1. The van der Waals surface area contributed by atoms with Crippen molar-refractivity contribution in [3.8, 4) is 5.75 Å². The smallest absolute Gasteiger partial charge is 0.264 e. The number of nitrogens with one attached hydrogen (secondary N) is 1. The number of aliphatic hydroxyl groups excluding tert-OH is 1. The summed E-state index contributed by atoms with van der Waals surface area (Å²) in [5.74, 6) is 2.18. The number of carbonyl (C=O) groups excluding carboxylic acids is 2. The first-order valence-corrected chi connectivity index (χ1v) is 20.6. The van der Waals surface area contributed by atoms with Gasteiger partial charge in [0.2, 0.25) is 5.91 Å². The summed E-state index contributed by atoms with van der Waals surface area (Å²) < 4.78 is 17.5. The SMILES string of the molecule is CC.CC.CCCc1cc(C)ccc1C1COc2ccc(C(O)C(=O)NSN(C)C)cc2N(CC2CCC2C2CC(CCN(C)C(C)=O)CCO2)C1. The highest BCUT2D eigenvalue weighted by atomic mass is 32.2. The van der Waals surface area contributed by atoms with Gasteiger partial charge in [0.25, 0.3) is 5.91 Å². The molecule has 3 aliphatic rings. The van der Waals surface area contributed by atoms with E-state index in [1.807, 2.05) is 71.9 Å². The molecule has 292 valence electrons. The number of carbonyl (C=O) groups is 2. The maximum atomic E-state index is 12.8. The molecule has 10 heteroatoms. The molecule has 2 heterocycles. The van der Waals surface area contributed by atoms with E-state index in [9.17, 15) is 14.7 Å². The highest BCUT2D eigenvalue weighted by Crippen LogP contribution is 2.45. The lowest BCUT2D eigenvalue weighted by atomic mass is 9.67. The van der Waals surface area contributed by atoms with Crippen molar-refractivity contribution in [1.29, 1.82) is 0 Å². The molecule has 0 radical (unpaired) electrons. The zero-order valence-electron chi connectivity index (χ0n) is 33.7. The van der Waals surface area contributed by atoms with Gasteiger partial charge in [0.05, 0.1) is 18.4 Å². The van der Waals surface area contributed by atoms with Crippen LogP contribution in [0.3, 0.4) is 0 Å². The number of aryl methyl sites for hydroxylation is 2.